The standard InChI is InChI=1S/C21H26N6O/c1-16(2)8-11-20(28)26-14-12-25(13-15-26)19-10-9-18-22-23-21(27(18)24-19)17-6-4-3-5-7-17/h3-7,9-10,16H,8,11-15H2,1-2H3. The van der Waals surface area contributed by atoms with Gasteiger partial charge in [-0.25, -0.2) is 0 Å². The molecule has 0 aliphatic carbocycles. The third kappa shape index (κ3) is 3.83. The van der Waals surface area contributed by atoms with Crippen LogP contribution in [0.1, 0.15) is 26.7 Å². The smallest absolute Gasteiger partial charge is 0.222 e. The molecule has 1 aliphatic heterocycles. The van der Waals surface area contributed by atoms with Crippen LogP contribution in [0.5, 0.6) is 0 Å². The number of anilines is 1. The number of rotatable bonds is 5. The lowest BCUT2D eigenvalue weighted by Crippen LogP contribution is -2.49. The van der Waals surface area contributed by atoms with E-state index in [1.807, 2.05) is 47.4 Å². The Labute approximate surface area is 165 Å². The molecule has 2 aromatic heterocycles. The molecular weight excluding hydrogens is 352 g/mol. The molecule has 3 heterocycles. The van der Waals surface area contributed by atoms with Crippen molar-refractivity contribution in [1.29, 1.82) is 0 Å². The van der Waals surface area contributed by atoms with Crippen LogP contribution in [0.4, 0.5) is 5.82 Å². The number of fused-ring (bicyclic) bond motifs is 1. The van der Waals surface area contributed by atoms with E-state index in [0.717, 1.165) is 55.5 Å². The summed E-state index contributed by atoms with van der Waals surface area (Å²) in [6.45, 7) is 7.36. The molecule has 0 bridgehead atoms. The number of amides is 1. The first-order valence-electron chi connectivity index (χ1n) is 9.92. The fraction of sp³-hybridized carbons (Fsp3) is 0.429. The molecule has 0 atom stereocenters. The Morgan fingerprint density at radius 2 is 1.75 bits per heavy atom. The molecule has 1 saturated heterocycles. The predicted molar refractivity (Wildman–Crippen MR) is 109 cm³/mol. The van der Waals surface area contributed by atoms with Crippen LogP contribution >= 0.6 is 0 Å². The summed E-state index contributed by atoms with van der Waals surface area (Å²) in [4.78, 5) is 16.6. The zero-order valence-electron chi connectivity index (χ0n) is 16.5. The lowest BCUT2D eigenvalue weighted by molar-refractivity contribution is -0.131. The number of benzene rings is 1. The second kappa shape index (κ2) is 7.96. The van der Waals surface area contributed by atoms with Crippen molar-refractivity contribution in [2.24, 2.45) is 5.92 Å². The molecule has 1 amide bonds. The molecule has 7 nitrogen and oxygen atoms in total. The molecule has 0 N–H and O–H groups in total. The van der Waals surface area contributed by atoms with Gasteiger partial charge in [-0.2, -0.15) is 4.52 Å². The number of hydrogen-bond acceptors (Lipinski definition) is 5. The molecule has 1 fully saturated rings. The maximum absolute atomic E-state index is 12.4. The maximum atomic E-state index is 12.4. The fourth-order valence-electron chi connectivity index (χ4n) is 3.47. The highest BCUT2D eigenvalue weighted by molar-refractivity contribution is 5.76. The van der Waals surface area contributed by atoms with Gasteiger partial charge >= 0.3 is 0 Å². The SMILES string of the molecule is CC(C)CCC(=O)N1CCN(c2ccc3nnc(-c4ccccc4)n3n2)CC1. The second-order valence-corrected chi connectivity index (χ2v) is 7.65. The molecule has 7 heteroatoms. The number of hydrogen-bond donors (Lipinski definition) is 0. The van der Waals surface area contributed by atoms with Gasteiger partial charge in [-0.1, -0.05) is 44.2 Å². The normalized spacial score (nSPS) is 14.8. The van der Waals surface area contributed by atoms with Crippen LogP contribution in [0.25, 0.3) is 17.0 Å². The Kier molecular flexibility index (Phi) is 5.23. The molecule has 0 radical (unpaired) electrons. The van der Waals surface area contributed by atoms with Gasteiger partial charge in [0.1, 0.15) is 5.82 Å². The summed E-state index contributed by atoms with van der Waals surface area (Å²) in [5.41, 5.74) is 1.71. The number of nitrogens with zero attached hydrogens (tertiary/aromatic N) is 6. The summed E-state index contributed by atoms with van der Waals surface area (Å²) in [5, 5.41) is 13.3. The minimum atomic E-state index is 0.266. The Morgan fingerprint density at radius 3 is 2.46 bits per heavy atom. The molecule has 0 saturated carbocycles. The van der Waals surface area contributed by atoms with Gasteiger partial charge in [0.2, 0.25) is 5.91 Å². The quantitative estimate of drug-likeness (QED) is 0.683. The molecule has 0 unspecified atom stereocenters. The van der Waals surface area contributed by atoms with Gasteiger partial charge in [-0.15, -0.1) is 15.3 Å². The highest BCUT2D eigenvalue weighted by Crippen LogP contribution is 2.20. The Bertz CT molecular complexity index is 944. The first-order chi connectivity index (χ1) is 13.6. The molecule has 3 aromatic rings. The molecular formula is C21H26N6O. The fourth-order valence-corrected chi connectivity index (χ4v) is 3.47. The van der Waals surface area contributed by atoms with Crippen LogP contribution in [0, 0.1) is 5.92 Å². The Morgan fingerprint density at radius 1 is 1.00 bits per heavy atom. The largest absolute Gasteiger partial charge is 0.352 e. The van der Waals surface area contributed by atoms with E-state index >= 15 is 0 Å². The van der Waals surface area contributed by atoms with Gasteiger partial charge in [0, 0.05) is 38.2 Å². The van der Waals surface area contributed by atoms with E-state index in [-0.39, 0.29) is 5.91 Å². The van der Waals surface area contributed by atoms with Crippen LogP contribution in [0.15, 0.2) is 42.5 Å². The van der Waals surface area contributed by atoms with Crippen LogP contribution in [-0.2, 0) is 4.79 Å². The summed E-state index contributed by atoms with van der Waals surface area (Å²) in [6.07, 6.45) is 1.59. The topological polar surface area (TPSA) is 66.6 Å². The van der Waals surface area contributed by atoms with Crippen LogP contribution in [0.2, 0.25) is 0 Å². The average Bonchev–Trinajstić information content (AvgIpc) is 3.16. The summed E-state index contributed by atoms with van der Waals surface area (Å²) >= 11 is 0. The zero-order chi connectivity index (χ0) is 19.5. The van der Waals surface area contributed by atoms with Crippen molar-refractivity contribution >= 4 is 17.4 Å². The molecule has 4 rings (SSSR count). The van der Waals surface area contributed by atoms with E-state index in [1.165, 1.54) is 0 Å². The van der Waals surface area contributed by atoms with E-state index in [1.54, 1.807) is 4.52 Å². The average molecular weight is 378 g/mol. The summed E-state index contributed by atoms with van der Waals surface area (Å²) in [5.74, 6) is 2.45. The van der Waals surface area contributed by atoms with E-state index < -0.39 is 0 Å². The molecule has 1 aliphatic rings. The van der Waals surface area contributed by atoms with Gasteiger partial charge in [0.05, 0.1) is 0 Å². The van der Waals surface area contributed by atoms with E-state index in [4.69, 9.17) is 5.10 Å². The van der Waals surface area contributed by atoms with Crippen molar-refractivity contribution in [2.45, 2.75) is 26.7 Å². The molecule has 146 valence electrons. The molecule has 0 spiro atoms. The van der Waals surface area contributed by atoms with Crippen molar-refractivity contribution in [2.75, 3.05) is 31.1 Å². The first-order valence-corrected chi connectivity index (χ1v) is 9.92. The second-order valence-electron chi connectivity index (χ2n) is 7.65. The van der Waals surface area contributed by atoms with Crippen molar-refractivity contribution in [3.63, 3.8) is 0 Å². The van der Waals surface area contributed by atoms with Crippen LogP contribution in [-0.4, -0.2) is 56.8 Å². The lowest BCUT2D eigenvalue weighted by Gasteiger charge is -2.35. The number of carbonyl (C=O) groups excluding carboxylic acids is 1. The number of aromatic nitrogens is 4. The monoisotopic (exact) mass is 378 g/mol. The molecule has 1 aromatic carbocycles. The van der Waals surface area contributed by atoms with Gasteiger partial charge < -0.3 is 9.80 Å². The third-order valence-electron chi connectivity index (χ3n) is 5.17. The van der Waals surface area contributed by atoms with E-state index in [2.05, 4.69) is 28.9 Å². The summed E-state index contributed by atoms with van der Waals surface area (Å²) in [6, 6.07) is 13.9. The van der Waals surface area contributed by atoms with Crippen molar-refractivity contribution in [3.8, 4) is 11.4 Å². The summed E-state index contributed by atoms with van der Waals surface area (Å²) in [7, 11) is 0. The minimum absolute atomic E-state index is 0.266. The van der Waals surface area contributed by atoms with Crippen molar-refractivity contribution < 1.29 is 4.79 Å². The zero-order valence-corrected chi connectivity index (χ0v) is 16.5. The third-order valence-corrected chi connectivity index (χ3v) is 5.17. The predicted octanol–water partition coefficient (Wildman–Crippen LogP) is 2.88. The summed E-state index contributed by atoms with van der Waals surface area (Å²) < 4.78 is 1.80. The highest BCUT2D eigenvalue weighted by Gasteiger charge is 2.22. The van der Waals surface area contributed by atoms with Crippen molar-refractivity contribution in [1.82, 2.24) is 24.7 Å². The van der Waals surface area contributed by atoms with Crippen LogP contribution < -0.4 is 4.90 Å². The van der Waals surface area contributed by atoms with Gasteiger partial charge in [0.25, 0.3) is 0 Å². The lowest BCUT2D eigenvalue weighted by atomic mass is 10.1. The number of piperazine rings is 1. The highest BCUT2D eigenvalue weighted by atomic mass is 16.2. The van der Waals surface area contributed by atoms with Gasteiger partial charge in [0.15, 0.2) is 11.5 Å². The Balaban J connectivity index is 1.48. The van der Waals surface area contributed by atoms with Gasteiger partial charge in [-0.3, -0.25) is 4.79 Å². The van der Waals surface area contributed by atoms with E-state index in [9.17, 15) is 4.79 Å². The van der Waals surface area contributed by atoms with Crippen molar-refractivity contribution in [3.05, 3.63) is 42.5 Å². The van der Waals surface area contributed by atoms with Crippen LogP contribution in [0.3, 0.4) is 0 Å². The molecule has 28 heavy (non-hydrogen) atoms. The van der Waals surface area contributed by atoms with Gasteiger partial charge in [-0.05, 0) is 24.5 Å². The first kappa shape index (κ1) is 18.4. The minimum Gasteiger partial charge on any atom is -0.352 e. The van der Waals surface area contributed by atoms with E-state index in [0.29, 0.717) is 12.3 Å². The Hall–Kier alpha value is -2.96. The maximum Gasteiger partial charge on any atom is 0.222 e. The number of carbonyl (C=O) groups is 1.